The monoisotopic (exact) mass is 337 g/mol. The summed E-state index contributed by atoms with van der Waals surface area (Å²) in [5.41, 5.74) is 3.15. The molecule has 0 aliphatic carbocycles. The fourth-order valence-electron chi connectivity index (χ4n) is 2.99. The van der Waals surface area contributed by atoms with Crippen LogP contribution in [0.15, 0.2) is 16.6 Å². The number of fused-ring (bicyclic) bond motifs is 3. The molecule has 1 saturated heterocycles. The normalized spacial score (nSPS) is 24.8. The van der Waals surface area contributed by atoms with Gasteiger partial charge in [0.05, 0.1) is 0 Å². The van der Waals surface area contributed by atoms with E-state index < -0.39 is 18.1 Å². The minimum Gasteiger partial charge on any atom is -0.430 e. The number of esters is 1. The molecular formula is C15H16BrNO3. The van der Waals surface area contributed by atoms with Crippen molar-refractivity contribution in [2.45, 2.75) is 39.5 Å². The van der Waals surface area contributed by atoms with E-state index in [0.717, 1.165) is 27.6 Å². The summed E-state index contributed by atoms with van der Waals surface area (Å²) in [6.07, 6.45) is 0.197. The van der Waals surface area contributed by atoms with Gasteiger partial charge in [0.1, 0.15) is 0 Å². The van der Waals surface area contributed by atoms with Crippen LogP contribution in [-0.4, -0.2) is 22.8 Å². The number of rotatable bonds is 1. The third-order valence-corrected chi connectivity index (χ3v) is 4.98. The fraction of sp³-hybridized carbons (Fsp3) is 0.467. The van der Waals surface area contributed by atoms with Gasteiger partial charge >= 0.3 is 11.9 Å². The van der Waals surface area contributed by atoms with Crippen LogP contribution in [0.2, 0.25) is 0 Å². The summed E-state index contributed by atoms with van der Waals surface area (Å²) in [5, 5.41) is 0. The number of aryl methyl sites for hydroxylation is 1. The van der Waals surface area contributed by atoms with Gasteiger partial charge in [-0.1, -0.05) is 29.8 Å². The first-order chi connectivity index (χ1) is 9.40. The molecule has 1 amide bonds. The van der Waals surface area contributed by atoms with Crippen LogP contribution in [0.3, 0.4) is 0 Å². The second kappa shape index (κ2) is 4.58. The first kappa shape index (κ1) is 13.6. The zero-order valence-electron chi connectivity index (χ0n) is 11.6. The number of nitrogens with zero attached hydrogens (tertiary/aromatic N) is 1. The van der Waals surface area contributed by atoms with Crippen LogP contribution in [-0.2, 0) is 20.7 Å². The van der Waals surface area contributed by atoms with E-state index >= 15 is 0 Å². The molecule has 20 heavy (non-hydrogen) atoms. The van der Waals surface area contributed by atoms with E-state index in [9.17, 15) is 9.59 Å². The molecule has 5 heteroatoms. The van der Waals surface area contributed by atoms with Crippen molar-refractivity contribution in [2.75, 3.05) is 0 Å². The predicted molar refractivity (Wildman–Crippen MR) is 76.9 cm³/mol. The van der Waals surface area contributed by atoms with Gasteiger partial charge in [-0.25, -0.2) is 4.79 Å². The lowest BCUT2D eigenvalue weighted by atomic mass is 9.86. The smallest absolute Gasteiger partial charge is 0.399 e. The minimum absolute atomic E-state index is 0.000978. The first-order valence-electron chi connectivity index (χ1n) is 6.72. The number of hydrogen-bond acceptors (Lipinski definition) is 3. The van der Waals surface area contributed by atoms with Gasteiger partial charge in [-0.05, 0) is 42.5 Å². The second-order valence-electron chi connectivity index (χ2n) is 5.79. The van der Waals surface area contributed by atoms with Crippen LogP contribution < -0.4 is 0 Å². The molecule has 0 spiro atoms. The van der Waals surface area contributed by atoms with Gasteiger partial charge in [0.2, 0.25) is 6.23 Å². The van der Waals surface area contributed by atoms with E-state index in [0.29, 0.717) is 0 Å². The summed E-state index contributed by atoms with van der Waals surface area (Å²) in [5.74, 6) is -0.988. The van der Waals surface area contributed by atoms with E-state index in [4.69, 9.17) is 4.74 Å². The summed E-state index contributed by atoms with van der Waals surface area (Å²) in [4.78, 5) is 25.3. The Labute approximate surface area is 126 Å². The molecule has 4 nitrogen and oxygen atoms in total. The first-order valence-corrected chi connectivity index (χ1v) is 7.51. The highest BCUT2D eigenvalue weighted by Crippen LogP contribution is 2.41. The Balaban J connectivity index is 2.14. The molecule has 2 aliphatic rings. The van der Waals surface area contributed by atoms with Gasteiger partial charge in [-0.3, -0.25) is 9.69 Å². The lowest BCUT2D eigenvalue weighted by Crippen LogP contribution is -2.46. The van der Waals surface area contributed by atoms with Crippen molar-refractivity contribution >= 4 is 27.8 Å². The zero-order chi connectivity index (χ0) is 14.6. The number of carbonyl (C=O) groups is 2. The molecule has 2 unspecified atom stereocenters. The van der Waals surface area contributed by atoms with Crippen LogP contribution in [0, 0.1) is 12.8 Å². The van der Waals surface area contributed by atoms with E-state index in [1.165, 1.54) is 0 Å². The van der Waals surface area contributed by atoms with Gasteiger partial charge in [0.25, 0.3) is 0 Å². The lowest BCUT2D eigenvalue weighted by Gasteiger charge is -2.39. The Morgan fingerprint density at radius 3 is 2.70 bits per heavy atom. The van der Waals surface area contributed by atoms with Crippen molar-refractivity contribution in [1.82, 2.24) is 4.90 Å². The quantitative estimate of drug-likeness (QED) is 0.584. The Morgan fingerprint density at radius 2 is 2.05 bits per heavy atom. The Kier molecular flexibility index (Phi) is 3.12. The number of hydrogen-bond donors (Lipinski definition) is 0. The third kappa shape index (κ3) is 1.87. The number of amides is 1. The second-order valence-corrected chi connectivity index (χ2v) is 6.64. The van der Waals surface area contributed by atoms with Gasteiger partial charge in [0, 0.05) is 16.1 Å². The Hall–Kier alpha value is -1.36. The van der Waals surface area contributed by atoms with Crippen molar-refractivity contribution < 1.29 is 14.3 Å². The predicted octanol–water partition coefficient (Wildman–Crippen LogP) is 2.72. The number of halogens is 1. The Bertz CT molecular complexity index is 611. The maximum absolute atomic E-state index is 12.1. The molecule has 0 aromatic heterocycles. The van der Waals surface area contributed by atoms with E-state index in [-0.39, 0.29) is 12.0 Å². The van der Waals surface area contributed by atoms with Crippen molar-refractivity contribution in [1.29, 1.82) is 0 Å². The standard InChI is InChI=1S/C15H16BrNO3/c1-7(2)12-6-9-5-11(16)8(3)4-10(9)14-17(12)13(18)15(19)20-14/h4-5,7,12,14H,6H2,1-3H3. The summed E-state index contributed by atoms with van der Waals surface area (Å²) in [6.45, 7) is 6.11. The van der Waals surface area contributed by atoms with Crippen LogP contribution in [0.25, 0.3) is 0 Å². The highest BCUT2D eigenvalue weighted by Gasteiger charge is 2.49. The minimum atomic E-state index is -0.742. The summed E-state index contributed by atoms with van der Waals surface area (Å²) < 4.78 is 6.35. The van der Waals surface area contributed by atoms with Crippen molar-refractivity contribution in [3.63, 3.8) is 0 Å². The van der Waals surface area contributed by atoms with Gasteiger partial charge in [-0.15, -0.1) is 0 Å². The van der Waals surface area contributed by atoms with Crippen LogP contribution >= 0.6 is 15.9 Å². The van der Waals surface area contributed by atoms with Crippen LogP contribution in [0.4, 0.5) is 0 Å². The molecule has 1 aromatic rings. The maximum Gasteiger partial charge on any atom is 0.399 e. The molecule has 3 rings (SSSR count). The van der Waals surface area contributed by atoms with E-state index in [2.05, 4.69) is 35.8 Å². The van der Waals surface area contributed by atoms with Gasteiger partial charge in [-0.2, -0.15) is 0 Å². The maximum atomic E-state index is 12.1. The zero-order valence-corrected chi connectivity index (χ0v) is 13.2. The molecule has 106 valence electrons. The van der Waals surface area contributed by atoms with Gasteiger partial charge in [0.15, 0.2) is 0 Å². The van der Waals surface area contributed by atoms with Crippen molar-refractivity contribution in [2.24, 2.45) is 5.92 Å². The van der Waals surface area contributed by atoms with E-state index in [1.807, 2.05) is 13.0 Å². The Morgan fingerprint density at radius 1 is 1.35 bits per heavy atom. The molecular weight excluding hydrogens is 322 g/mol. The molecule has 0 radical (unpaired) electrons. The molecule has 1 fully saturated rings. The number of benzene rings is 1. The highest BCUT2D eigenvalue weighted by atomic mass is 79.9. The molecule has 0 N–H and O–H groups in total. The summed E-state index contributed by atoms with van der Waals surface area (Å²) >= 11 is 3.54. The molecule has 1 aromatic carbocycles. The molecule has 0 saturated carbocycles. The summed E-state index contributed by atoms with van der Waals surface area (Å²) in [6, 6.07) is 4.08. The van der Waals surface area contributed by atoms with Crippen molar-refractivity contribution in [3.05, 3.63) is 33.3 Å². The molecule has 0 bridgehead atoms. The van der Waals surface area contributed by atoms with Crippen LogP contribution in [0.5, 0.6) is 0 Å². The third-order valence-electron chi connectivity index (χ3n) is 4.12. The number of ether oxygens (including phenoxy) is 1. The molecule has 2 atom stereocenters. The van der Waals surface area contributed by atoms with E-state index in [1.54, 1.807) is 4.90 Å². The molecule has 2 heterocycles. The topological polar surface area (TPSA) is 46.6 Å². The van der Waals surface area contributed by atoms with Crippen molar-refractivity contribution in [3.8, 4) is 0 Å². The lowest BCUT2D eigenvalue weighted by molar-refractivity contribution is -0.149. The molecule has 2 aliphatic heterocycles. The average Bonchev–Trinajstić information content (AvgIpc) is 2.67. The largest absolute Gasteiger partial charge is 0.430 e. The fourth-order valence-corrected chi connectivity index (χ4v) is 3.38. The SMILES string of the molecule is Cc1cc2c(cc1Br)CC(C(C)C)N1C(=O)C(=O)OC21. The average molecular weight is 338 g/mol. The number of carbonyl (C=O) groups excluding carboxylic acids is 2. The van der Waals surface area contributed by atoms with Crippen LogP contribution in [0.1, 0.15) is 36.8 Å². The highest BCUT2D eigenvalue weighted by molar-refractivity contribution is 9.10. The summed E-state index contributed by atoms with van der Waals surface area (Å²) in [7, 11) is 0. The van der Waals surface area contributed by atoms with Gasteiger partial charge < -0.3 is 4.74 Å².